The molecule has 0 spiro atoms. The zero-order chi connectivity index (χ0) is 19.7. The van der Waals surface area contributed by atoms with Gasteiger partial charge in [0.05, 0.1) is 19.2 Å². The van der Waals surface area contributed by atoms with E-state index in [2.05, 4.69) is 20.4 Å². The molecule has 1 unspecified atom stereocenters. The van der Waals surface area contributed by atoms with E-state index in [1.165, 1.54) is 4.52 Å². The number of rotatable bonds is 6. The van der Waals surface area contributed by atoms with Crippen LogP contribution in [-0.4, -0.2) is 55.5 Å². The van der Waals surface area contributed by atoms with E-state index >= 15 is 0 Å². The van der Waals surface area contributed by atoms with Crippen molar-refractivity contribution >= 4 is 28.5 Å². The summed E-state index contributed by atoms with van der Waals surface area (Å²) in [5.74, 6) is 0.0930. The lowest BCUT2D eigenvalue weighted by Gasteiger charge is -2.13. The Hall–Kier alpha value is -3.72. The highest BCUT2D eigenvalue weighted by Gasteiger charge is 2.21. The van der Waals surface area contributed by atoms with Crippen molar-refractivity contribution in [3.8, 4) is 17.1 Å². The van der Waals surface area contributed by atoms with Crippen molar-refractivity contribution < 1.29 is 19.7 Å². The number of carboxylic acids is 1. The molecule has 0 radical (unpaired) electrons. The Bertz CT molecular complexity index is 1170. The molecule has 9 heteroatoms. The molecule has 142 valence electrons. The van der Waals surface area contributed by atoms with Gasteiger partial charge < -0.3 is 20.3 Å². The molecule has 0 aliphatic carbocycles. The van der Waals surface area contributed by atoms with Gasteiger partial charge in [0.1, 0.15) is 5.75 Å². The Balaban J connectivity index is 1.93. The Morgan fingerprint density at radius 1 is 1.21 bits per heavy atom. The standard InChI is InChI=1S/C19H17N5O4/c1-28-12-6-4-5-11(9-12)16-22-17-13-7-2-3-8-14(13)20-19(24(17)23-16)21-15(10-25)18(26)27/h2-9,15,25H,10H2,1H3,(H,20,21)(H,26,27). The smallest absolute Gasteiger partial charge is 0.328 e. The Labute approximate surface area is 159 Å². The number of para-hydroxylation sites is 1. The van der Waals surface area contributed by atoms with Gasteiger partial charge in [0.2, 0.25) is 5.95 Å². The molecule has 4 aromatic rings. The van der Waals surface area contributed by atoms with Crippen molar-refractivity contribution in [3.05, 3.63) is 48.5 Å². The van der Waals surface area contributed by atoms with Crippen LogP contribution in [0.5, 0.6) is 5.75 Å². The summed E-state index contributed by atoms with van der Waals surface area (Å²) in [5, 5.41) is 26.6. The van der Waals surface area contributed by atoms with E-state index in [-0.39, 0.29) is 5.95 Å². The number of carboxylic acid groups (broad SMARTS) is 1. The van der Waals surface area contributed by atoms with E-state index in [0.29, 0.717) is 22.7 Å². The van der Waals surface area contributed by atoms with Crippen molar-refractivity contribution in [2.75, 3.05) is 19.0 Å². The molecular formula is C19H17N5O4. The van der Waals surface area contributed by atoms with Gasteiger partial charge in [0.15, 0.2) is 17.5 Å². The number of nitrogens with zero attached hydrogens (tertiary/aromatic N) is 4. The van der Waals surface area contributed by atoms with Gasteiger partial charge in [-0.05, 0) is 24.3 Å². The molecule has 0 saturated carbocycles. The lowest BCUT2D eigenvalue weighted by atomic mass is 10.2. The van der Waals surface area contributed by atoms with Gasteiger partial charge in [-0.25, -0.2) is 14.8 Å². The molecule has 0 aliphatic heterocycles. The fraction of sp³-hybridized carbons (Fsp3) is 0.158. The van der Waals surface area contributed by atoms with Crippen molar-refractivity contribution in [1.82, 2.24) is 19.6 Å². The highest BCUT2D eigenvalue weighted by atomic mass is 16.5. The minimum Gasteiger partial charge on any atom is -0.497 e. The maximum Gasteiger partial charge on any atom is 0.328 e. The van der Waals surface area contributed by atoms with Gasteiger partial charge in [-0.2, -0.15) is 4.52 Å². The lowest BCUT2D eigenvalue weighted by Crippen LogP contribution is -2.34. The van der Waals surface area contributed by atoms with Crippen LogP contribution in [0, 0.1) is 0 Å². The van der Waals surface area contributed by atoms with Crippen LogP contribution in [0.15, 0.2) is 48.5 Å². The second-order valence-corrected chi connectivity index (χ2v) is 6.07. The van der Waals surface area contributed by atoms with Gasteiger partial charge >= 0.3 is 5.97 Å². The number of ether oxygens (including phenoxy) is 1. The minimum atomic E-state index is -1.22. The number of methoxy groups -OCH3 is 1. The summed E-state index contributed by atoms with van der Waals surface area (Å²) in [6.07, 6.45) is 0. The summed E-state index contributed by atoms with van der Waals surface area (Å²) < 4.78 is 6.70. The molecule has 0 bridgehead atoms. The predicted molar refractivity (Wildman–Crippen MR) is 102 cm³/mol. The van der Waals surface area contributed by atoms with Gasteiger partial charge in [-0.3, -0.25) is 0 Å². The summed E-state index contributed by atoms with van der Waals surface area (Å²) in [4.78, 5) is 20.4. The fourth-order valence-corrected chi connectivity index (χ4v) is 2.87. The van der Waals surface area contributed by atoms with Gasteiger partial charge in [-0.15, -0.1) is 5.10 Å². The number of fused-ring (bicyclic) bond motifs is 3. The number of carbonyl (C=O) groups is 1. The largest absolute Gasteiger partial charge is 0.497 e. The minimum absolute atomic E-state index is 0.178. The summed E-state index contributed by atoms with van der Waals surface area (Å²) in [5.41, 5.74) is 1.90. The van der Waals surface area contributed by atoms with Crippen LogP contribution in [0.25, 0.3) is 27.9 Å². The number of aromatic nitrogens is 4. The average molecular weight is 379 g/mol. The van der Waals surface area contributed by atoms with Crippen LogP contribution in [0.1, 0.15) is 0 Å². The van der Waals surface area contributed by atoms with Crippen LogP contribution < -0.4 is 10.1 Å². The highest BCUT2D eigenvalue weighted by Crippen LogP contribution is 2.26. The molecule has 4 rings (SSSR count). The number of nitrogens with one attached hydrogen (secondary N) is 1. The van der Waals surface area contributed by atoms with Crippen LogP contribution in [0.4, 0.5) is 5.95 Å². The topological polar surface area (TPSA) is 122 Å². The van der Waals surface area contributed by atoms with Gasteiger partial charge in [0, 0.05) is 10.9 Å². The number of benzene rings is 2. The Morgan fingerprint density at radius 3 is 2.79 bits per heavy atom. The van der Waals surface area contributed by atoms with Crippen molar-refractivity contribution in [2.24, 2.45) is 0 Å². The SMILES string of the molecule is COc1cccc(-c2nc3c4ccccc4nc(NC(CO)C(=O)O)n3n2)c1. The molecule has 0 fully saturated rings. The van der Waals surface area contributed by atoms with Crippen molar-refractivity contribution in [1.29, 1.82) is 0 Å². The molecular weight excluding hydrogens is 362 g/mol. The van der Waals surface area contributed by atoms with Crippen LogP contribution >= 0.6 is 0 Å². The van der Waals surface area contributed by atoms with Gasteiger partial charge in [0.25, 0.3) is 0 Å². The van der Waals surface area contributed by atoms with Crippen molar-refractivity contribution in [3.63, 3.8) is 0 Å². The first-order valence-electron chi connectivity index (χ1n) is 8.51. The zero-order valence-electron chi connectivity index (χ0n) is 14.9. The zero-order valence-corrected chi connectivity index (χ0v) is 14.9. The molecule has 0 amide bonds. The van der Waals surface area contributed by atoms with E-state index < -0.39 is 18.6 Å². The second-order valence-electron chi connectivity index (χ2n) is 6.07. The number of hydrogen-bond donors (Lipinski definition) is 3. The molecule has 2 aromatic carbocycles. The first-order chi connectivity index (χ1) is 13.6. The number of aliphatic carboxylic acids is 1. The first-order valence-corrected chi connectivity index (χ1v) is 8.51. The molecule has 28 heavy (non-hydrogen) atoms. The van der Waals surface area contributed by atoms with Crippen LogP contribution in [-0.2, 0) is 4.79 Å². The van der Waals surface area contributed by atoms with E-state index in [0.717, 1.165) is 10.9 Å². The summed E-state index contributed by atoms with van der Waals surface area (Å²) in [6, 6.07) is 13.5. The third kappa shape index (κ3) is 3.08. The summed E-state index contributed by atoms with van der Waals surface area (Å²) >= 11 is 0. The number of anilines is 1. The number of aliphatic hydroxyl groups excluding tert-OH is 1. The third-order valence-corrected chi connectivity index (χ3v) is 4.29. The normalized spacial score (nSPS) is 12.2. The summed E-state index contributed by atoms with van der Waals surface area (Å²) in [6.45, 7) is -0.594. The molecule has 1 atom stereocenters. The van der Waals surface area contributed by atoms with Crippen LogP contribution in [0.3, 0.4) is 0 Å². The van der Waals surface area contributed by atoms with E-state index in [4.69, 9.17) is 4.74 Å². The molecule has 2 aromatic heterocycles. The Kier molecular flexibility index (Phi) is 4.50. The van der Waals surface area contributed by atoms with Crippen LogP contribution in [0.2, 0.25) is 0 Å². The monoisotopic (exact) mass is 379 g/mol. The molecule has 3 N–H and O–H groups in total. The highest BCUT2D eigenvalue weighted by molar-refractivity contribution is 5.93. The maximum atomic E-state index is 11.3. The lowest BCUT2D eigenvalue weighted by molar-refractivity contribution is -0.138. The van der Waals surface area contributed by atoms with E-state index in [9.17, 15) is 15.0 Å². The van der Waals surface area contributed by atoms with E-state index in [1.807, 2.05) is 42.5 Å². The molecule has 0 aliphatic rings. The Morgan fingerprint density at radius 2 is 2.04 bits per heavy atom. The number of aliphatic hydroxyl groups is 1. The quantitative estimate of drug-likeness (QED) is 0.464. The number of hydrogen-bond acceptors (Lipinski definition) is 7. The maximum absolute atomic E-state index is 11.3. The van der Waals surface area contributed by atoms with Gasteiger partial charge in [-0.1, -0.05) is 24.3 Å². The molecule has 0 saturated heterocycles. The average Bonchev–Trinajstić information content (AvgIpc) is 3.17. The third-order valence-electron chi connectivity index (χ3n) is 4.29. The van der Waals surface area contributed by atoms with Crippen molar-refractivity contribution in [2.45, 2.75) is 6.04 Å². The second kappa shape index (κ2) is 7.12. The fourth-order valence-electron chi connectivity index (χ4n) is 2.87. The predicted octanol–water partition coefficient (Wildman–Crippen LogP) is 1.81. The first kappa shape index (κ1) is 17.7. The van der Waals surface area contributed by atoms with E-state index in [1.54, 1.807) is 13.2 Å². The molecule has 9 nitrogen and oxygen atoms in total. The summed E-state index contributed by atoms with van der Waals surface area (Å²) in [7, 11) is 1.58. The molecule has 2 heterocycles.